The minimum atomic E-state index is -0.548. The summed E-state index contributed by atoms with van der Waals surface area (Å²) in [6, 6.07) is 0. The zero-order chi connectivity index (χ0) is 9.84. The lowest BCUT2D eigenvalue weighted by atomic mass is 10.5. The maximum Gasteiger partial charge on any atom is 0.413 e. The molecule has 0 saturated carbocycles. The van der Waals surface area contributed by atoms with Crippen molar-refractivity contribution >= 4 is 34.8 Å². The van der Waals surface area contributed by atoms with E-state index in [9.17, 15) is 4.79 Å². The molecule has 71 valence electrons. The third kappa shape index (κ3) is 3.61. The molecule has 4 nitrogen and oxygen atoms in total. The number of ether oxygens (including phenoxy) is 1. The van der Waals surface area contributed by atoms with E-state index in [4.69, 9.17) is 16.3 Å². The van der Waals surface area contributed by atoms with Gasteiger partial charge in [-0.1, -0.05) is 22.9 Å². The van der Waals surface area contributed by atoms with E-state index in [-0.39, 0.29) is 6.10 Å². The Kier molecular flexibility index (Phi) is 3.50. The maximum atomic E-state index is 11.0. The average molecular weight is 220 g/mol. The summed E-state index contributed by atoms with van der Waals surface area (Å²) in [5.41, 5.74) is 0. The number of halogens is 1. The van der Waals surface area contributed by atoms with Gasteiger partial charge in [0.1, 0.15) is 0 Å². The molecule has 0 spiro atoms. The number of amides is 1. The molecule has 0 aromatic carbocycles. The summed E-state index contributed by atoms with van der Waals surface area (Å²) >= 11 is 6.66. The molecular weight excluding hydrogens is 212 g/mol. The van der Waals surface area contributed by atoms with Gasteiger partial charge in [-0.2, -0.15) is 0 Å². The zero-order valence-corrected chi connectivity index (χ0v) is 8.70. The fourth-order valence-corrected chi connectivity index (χ4v) is 1.23. The van der Waals surface area contributed by atoms with Crippen LogP contribution in [0.1, 0.15) is 13.8 Å². The Morgan fingerprint density at radius 1 is 1.77 bits per heavy atom. The first-order chi connectivity index (χ1) is 6.08. The van der Waals surface area contributed by atoms with Crippen LogP contribution in [-0.4, -0.2) is 17.2 Å². The van der Waals surface area contributed by atoms with Gasteiger partial charge in [-0.15, -0.1) is 0 Å². The molecule has 0 aliphatic heterocycles. The fourth-order valence-electron chi connectivity index (χ4n) is 0.618. The van der Waals surface area contributed by atoms with E-state index in [0.717, 1.165) is 11.3 Å². The first-order valence-electron chi connectivity index (χ1n) is 3.59. The van der Waals surface area contributed by atoms with Gasteiger partial charge in [0.25, 0.3) is 0 Å². The van der Waals surface area contributed by atoms with Gasteiger partial charge in [0.2, 0.25) is 0 Å². The lowest BCUT2D eigenvalue weighted by Crippen LogP contribution is -2.18. The number of carbonyl (C=O) groups is 1. The van der Waals surface area contributed by atoms with E-state index in [1.165, 1.54) is 0 Å². The molecule has 0 aliphatic rings. The molecule has 0 saturated heterocycles. The minimum Gasteiger partial charge on any atom is -0.447 e. The third-order valence-corrected chi connectivity index (χ3v) is 1.87. The van der Waals surface area contributed by atoms with Crippen LogP contribution >= 0.6 is 22.9 Å². The molecular formula is C7H8ClN2O2S. The Labute approximate surface area is 84.9 Å². The molecule has 1 aromatic rings. The smallest absolute Gasteiger partial charge is 0.413 e. The Morgan fingerprint density at radius 3 is 2.92 bits per heavy atom. The van der Waals surface area contributed by atoms with Crippen molar-refractivity contribution in [3.63, 3.8) is 0 Å². The van der Waals surface area contributed by atoms with Crippen LogP contribution < -0.4 is 5.32 Å². The second kappa shape index (κ2) is 4.43. The molecule has 1 radical (unpaired) electrons. The van der Waals surface area contributed by atoms with Gasteiger partial charge in [-0.05, 0) is 13.8 Å². The number of nitrogens with zero attached hydrogens (tertiary/aromatic N) is 1. The van der Waals surface area contributed by atoms with Crippen LogP contribution in [0.5, 0.6) is 0 Å². The summed E-state index contributed by atoms with van der Waals surface area (Å²) in [6.07, 6.45) is -0.706. The molecule has 1 heterocycles. The Hall–Kier alpha value is -0.810. The van der Waals surface area contributed by atoms with Crippen LogP contribution in [0.4, 0.5) is 10.6 Å². The normalized spacial score (nSPS) is 10.2. The third-order valence-electron chi connectivity index (χ3n) is 0.995. The van der Waals surface area contributed by atoms with E-state index >= 15 is 0 Å². The van der Waals surface area contributed by atoms with E-state index in [0.29, 0.717) is 10.3 Å². The summed E-state index contributed by atoms with van der Waals surface area (Å²) in [5, 5.41) is 5.09. The first kappa shape index (κ1) is 10.3. The number of rotatable bonds is 2. The molecule has 0 bridgehead atoms. The summed E-state index contributed by atoms with van der Waals surface area (Å²) in [7, 11) is 0. The second-order valence-electron chi connectivity index (χ2n) is 2.50. The highest BCUT2D eigenvalue weighted by Gasteiger charge is 2.07. The number of hydrogen-bond donors (Lipinski definition) is 1. The summed E-state index contributed by atoms with van der Waals surface area (Å²) < 4.78 is 5.15. The van der Waals surface area contributed by atoms with Gasteiger partial charge in [-0.3, -0.25) is 5.32 Å². The number of carbonyl (C=O) groups excluding carboxylic acids is 1. The molecule has 0 aliphatic carbocycles. The number of hydrogen-bond acceptors (Lipinski definition) is 4. The topological polar surface area (TPSA) is 51.2 Å². The number of nitrogens with one attached hydrogen (secondary N) is 1. The summed E-state index contributed by atoms with van der Waals surface area (Å²) in [6.45, 7) is 3.52. The highest BCUT2D eigenvalue weighted by molar-refractivity contribution is 7.13. The molecule has 1 rings (SSSR count). The number of aromatic nitrogens is 1. The molecule has 0 atom stereocenters. The van der Waals surface area contributed by atoms with Crippen LogP contribution in [0.15, 0.2) is 0 Å². The molecule has 1 N–H and O–H groups in total. The predicted molar refractivity (Wildman–Crippen MR) is 51.2 cm³/mol. The van der Waals surface area contributed by atoms with Crippen molar-refractivity contribution in [2.75, 3.05) is 5.32 Å². The van der Waals surface area contributed by atoms with Crippen LogP contribution in [0.3, 0.4) is 0 Å². The Morgan fingerprint density at radius 2 is 2.46 bits per heavy atom. The lowest BCUT2D eigenvalue weighted by molar-refractivity contribution is 0.130. The van der Waals surface area contributed by atoms with Gasteiger partial charge < -0.3 is 4.74 Å². The molecule has 0 unspecified atom stereocenters. The van der Waals surface area contributed by atoms with Crippen molar-refractivity contribution in [3.05, 3.63) is 9.85 Å². The van der Waals surface area contributed by atoms with Crippen LogP contribution in [-0.2, 0) is 4.74 Å². The molecule has 0 fully saturated rings. The standard InChI is InChI=1S/C7H8ClN2O2S/c1-4(2)12-7(11)10-5-3-13-6(8)9-5/h4H,1-2H3,(H,10,11). The predicted octanol–water partition coefficient (Wildman–Crippen LogP) is 2.55. The van der Waals surface area contributed by atoms with Crippen LogP contribution in [0, 0.1) is 5.38 Å². The van der Waals surface area contributed by atoms with E-state index in [1.807, 2.05) is 0 Å². The molecule has 6 heteroatoms. The summed E-state index contributed by atoms with van der Waals surface area (Å²) in [4.78, 5) is 14.8. The SMILES string of the molecule is CC(C)OC(=O)Nc1[c]sc(Cl)n1. The van der Waals surface area contributed by atoms with E-state index < -0.39 is 6.09 Å². The highest BCUT2D eigenvalue weighted by atomic mass is 35.5. The van der Waals surface area contributed by atoms with Gasteiger partial charge in [0.15, 0.2) is 10.3 Å². The molecule has 1 amide bonds. The Balaban J connectivity index is 2.45. The monoisotopic (exact) mass is 219 g/mol. The van der Waals surface area contributed by atoms with Crippen LogP contribution in [0.25, 0.3) is 0 Å². The quantitative estimate of drug-likeness (QED) is 0.832. The second-order valence-corrected chi connectivity index (χ2v) is 3.87. The van der Waals surface area contributed by atoms with Gasteiger partial charge in [0.05, 0.1) is 11.5 Å². The number of anilines is 1. The minimum absolute atomic E-state index is 0.158. The van der Waals surface area contributed by atoms with Crippen molar-refractivity contribution < 1.29 is 9.53 Å². The van der Waals surface area contributed by atoms with Crippen LogP contribution in [0.2, 0.25) is 4.47 Å². The molecule has 13 heavy (non-hydrogen) atoms. The van der Waals surface area contributed by atoms with Crippen molar-refractivity contribution in [1.29, 1.82) is 0 Å². The highest BCUT2D eigenvalue weighted by Crippen LogP contribution is 2.17. The lowest BCUT2D eigenvalue weighted by Gasteiger charge is -2.06. The maximum absolute atomic E-state index is 11.0. The van der Waals surface area contributed by atoms with Crippen molar-refractivity contribution in [3.8, 4) is 0 Å². The van der Waals surface area contributed by atoms with Crippen molar-refractivity contribution in [2.45, 2.75) is 20.0 Å². The van der Waals surface area contributed by atoms with Gasteiger partial charge in [-0.25, -0.2) is 9.78 Å². The number of thiazole rings is 1. The first-order valence-corrected chi connectivity index (χ1v) is 4.79. The van der Waals surface area contributed by atoms with E-state index in [2.05, 4.69) is 15.7 Å². The van der Waals surface area contributed by atoms with E-state index in [1.54, 1.807) is 13.8 Å². The zero-order valence-electron chi connectivity index (χ0n) is 7.13. The van der Waals surface area contributed by atoms with Gasteiger partial charge in [0, 0.05) is 0 Å². The Bertz CT molecular complexity index is 300. The fraction of sp³-hybridized carbons (Fsp3) is 0.429. The van der Waals surface area contributed by atoms with Crippen molar-refractivity contribution in [2.24, 2.45) is 0 Å². The van der Waals surface area contributed by atoms with Crippen molar-refractivity contribution in [1.82, 2.24) is 4.98 Å². The molecule has 1 aromatic heterocycles. The van der Waals surface area contributed by atoms with Gasteiger partial charge >= 0.3 is 6.09 Å². The largest absolute Gasteiger partial charge is 0.447 e. The summed E-state index contributed by atoms with van der Waals surface area (Å²) in [5.74, 6) is 0.292. The average Bonchev–Trinajstić information content (AvgIpc) is 2.33.